The molecule has 1 atom stereocenters. The first-order valence-corrected chi connectivity index (χ1v) is 10.9. The lowest BCUT2D eigenvalue weighted by molar-refractivity contribution is -0.125. The van der Waals surface area contributed by atoms with Crippen molar-refractivity contribution < 1.29 is 23.0 Å². The lowest BCUT2D eigenvalue weighted by Crippen LogP contribution is -2.27. The molecule has 4 heterocycles. The molecule has 1 unspecified atom stereocenters. The maximum absolute atomic E-state index is 14.8. The fraction of sp³-hybridized carbons (Fsp3) is 0.333. The van der Waals surface area contributed by atoms with Crippen LogP contribution in [-0.2, 0) is 11.2 Å². The maximum Gasteiger partial charge on any atom is 0.254 e. The van der Waals surface area contributed by atoms with Crippen molar-refractivity contribution in [2.24, 2.45) is 0 Å². The number of rotatable bonds is 5. The number of aryl methyl sites for hydroxylation is 1. The summed E-state index contributed by atoms with van der Waals surface area (Å²) >= 11 is 0. The van der Waals surface area contributed by atoms with E-state index in [0.29, 0.717) is 31.3 Å². The Morgan fingerprint density at radius 1 is 1.29 bits per heavy atom. The Balaban J connectivity index is 1.89. The molecule has 0 saturated carbocycles. The van der Waals surface area contributed by atoms with Gasteiger partial charge in [-0.05, 0) is 30.4 Å². The second-order valence-electron chi connectivity index (χ2n) is 7.85. The third kappa shape index (κ3) is 4.12. The summed E-state index contributed by atoms with van der Waals surface area (Å²) in [6.07, 6.45) is 4.26. The zero-order valence-corrected chi connectivity index (χ0v) is 19.6. The summed E-state index contributed by atoms with van der Waals surface area (Å²) in [4.78, 5) is 21.7. The number of fused-ring (bicyclic) bond motifs is 1. The van der Waals surface area contributed by atoms with Gasteiger partial charge in [0.15, 0.2) is 0 Å². The Morgan fingerprint density at radius 3 is 2.57 bits per heavy atom. The minimum Gasteiger partial charge on any atom is -0.479 e. The molecule has 35 heavy (non-hydrogen) atoms. The topological polar surface area (TPSA) is 108 Å². The average molecular weight is 482 g/mol. The van der Waals surface area contributed by atoms with Crippen LogP contribution in [0, 0.1) is 23.5 Å². The van der Waals surface area contributed by atoms with E-state index in [1.54, 1.807) is 15.8 Å². The van der Waals surface area contributed by atoms with Crippen LogP contribution in [-0.4, -0.2) is 57.9 Å². The van der Waals surface area contributed by atoms with Gasteiger partial charge >= 0.3 is 0 Å². The standard InChI is InChI=1S/C24H24F2N6O3/c1-5-13-11-28-22(27)18-16(8-7-15-19(25)23(34-3)29-24(35-4)20(15)26)30-32(21(13)18)14-9-10-31(12-14)17(33)6-2/h6,11,14H,2,5,9-10,12H2,1,3-4H3,(H2,27,28). The number of carbonyl (C=O) groups is 1. The van der Waals surface area contributed by atoms with E-state index in [4.69, 9.17) is 15.2 Å². The van der Waals surface area contributed by atoms with E-state index in [1.807, 2.05) is 6.92 Å². The van der Waals surface area contributed by atoms with E-state index in [2.05, 4.69) is 33.5 Å². The number of anilines is 1. The van der Waals surface area contributed by atoms with Crippen LogP contribution >= 0.6 is 0 Å². The summed E-state index contributed by atoms with van der Waals surface area (Å²) in [5.41, 5.74) is 7.45. The van der Waals surface area contributed by atoms with E-state index in [1.165, 1.54) is 20.3 Å². The highest BCUT2D eigenvalue weighted by Gasteiger charge is 2.30. The number of carbonyl (C=O) groups excluding carboxylic acids is 1. The minimum absolute atomic E-state index is 0.140. The number of nitrogens with two attached hydrogens (primary N) is 1. The average Bonchev–Trinajstić information content (AvgIpc) is 3.50. The minimum atomic E-state index is -1.06. The third-order valence-corrected chi connectivity index (χ3v) is 5.92. The highest BCUT2D eigenvalue weighted by atomic mass is 19.1. The highest BCUT2D eigenvalue weighted by molar-refractivity contribution is 5.95. The number of ether oxygens (including phenoxy) is 2. The Labute approximate surface area is 200 Å². The monoisotopic (exact) mass is 482 g/mol. The Hall–Kier alpha value is -4.20. The molecule has 1 saturated heterocycles. The predicted molar refractivity (Wildman–Crippen MR) is 125 cm³/mol. The van der Waals surface area contributed by atoms with Crippen molar-refractivity contribution in [3.8, 4) is 23.6 Å². The van der Waals surface area contributed by atoms with E-state index in [9.17, 15) is 13.6 Å². The first-order valence-electron chi connectivity index (χ1n) is 10.9. The van der Waals surface area contributed by atoms with E-state index < -0.39 is 29.0 Å². The molecule has 9 nitrogen and oxygen atoms in total. The molecule has 0 bridgehead atoms. The first kappa shape index (κ1) is 23.9. The summed E-state index contributed by atoms with van der Waals surface area (Å²) in [5, 5.41) is 5.14. The molecule has 1 aliphatic rings. The van der Waals surface area contributed by atoms with Crippen LogP contribution in [0.5, 0.6) is 11.8 Å². The molecule has 182 valence electrons. The number of hydrogen-bond acceptors (Lipinski definition) is 7. The zero-order valence-electron chi connectivity index (χ0n) is 19.6. The van der Waals surface area contributed by atoms with Gasteiger partial charge in [-0.15, -0.1) is 0 Å². The van der Waals surface area contributed by atoms with Gasteiger partial charge in [0.05, 0.1) is 31.2 Å². The second-order valence-corrected chi connectivity index (χ2v) is 7.85. The summed E-state index contributed by atoms with van der Waals surface area (Å²) < 4.78 is 41.1. The van der Waals surface area contributed by atoms with E-state index in [-0.39, 0.29) is 23.5 Å². The summed E-state index contributed by atoms with van der Waals surface area (Å²) in [7, 11) is 2.41. The van der Waals surface area contributed by atoms with Crippen LogP contribution < -0.4 is 15.2 Å². The van der Waals surface area contributed by atoms with Crippen LogP contribution in [0.15, 0.2) is 18.9 Å². The van der Waals surface area contributed by atoms with Gasteiger partial charge in [0.25, 0.3) is 11.8 Å². The van der Waals surface area contributed by atoms with Crippen molar-refractivity contribution in [2.45, 2.75) is 25.8 Å². The van der Waals surface area contributed by atoms with Crippen LogP contribution in [0.3, 0.4) is 0 Å². The fourth-order valence-electron chi connectivity index (χ4n) is 4.14. The molecule has 3 aromatic heterocycles. The van der Waals surface area contributed by atoms with Gasteiger partial charge in [0.1, 0.15) is 17.1 Å². The molecule has 0 aliphatic carbocycles. The van der Waals surface area contributed by atoms with Crippen molar-refractivity contribution in [3.63, 3.8) is 0 Å². The molecule has 0 aromatic carbocycles. The SMILES string of the molecule is C=CC(=O)N1CCC(n2nc(C#Cc3c(F)c(OC)nc(OC)c3F)c3c(N)ncc(CC)c32)C1. The number of aromatic nitrogens is 4. The van der Waals surface area contributed by atoms with Gasteiger partial charge in [-0.1, -0.05) is 19.4 Å². The molecule has 1 amide bonds. The third-order valence-electron chi connectivity index (χ3n) is 5.92. The summed E-state index contributed by atoms with van der Waals surface area (Å²) in [6.45, 7) is 6.50. The van der Waals surface area contributed by atoms with Gasteiger partial charge in [0, 0.05) is 19.3 Å². The molecule has 1 fully saturated rings. The number of nitrogens with zero attached hydrogens (tertiary/aromatic N) is 5. The number of amides is 1. The quantitative estimate of drug-likeness (QED) is 0.440. The summed E-state index contributed by atoms with van der Waals surface area (Å²) in [5.74, 6) is 2.27. The van der Waals surface area contributed by atoms with E-state index >= 15 is 0 Å². The first-order chi connectivity index (χ1) is 16.8. The Kier molecular flexibility index (Phi) is 6.55. The number of likely N-dealkylation sites (tertiary alicyclic amines) is 1. The van der Waals surface area contributed by atoms with Gasteiger partial charge in [0.2, 0.25) is 17.5 Å². The molecular formula is C24H24F2N6O3. The number of pyridine rings is 2. The van der Waals surface area contributed by atoms with Gasteiger partial charge in [-0.2, -0.15) is 18.9 Å². The lowest BCUT2D eigenvalue weighted by Gasteiger charge is -2.16. The molecule has 1 aliphatic heterocycles. The van der Waals surface area contributed by atoms with E-state index in [0.717, 1.165) is 11.1 Å². The van der Waals surface area contributed by atoms with Crippen LogP contribution in [0.1, 0.15) is 36.2 Å². The molecule has 11 heteroatoms. The van der Waals surface area contributed by atoms with Crippen molar-refractivity contribution >= 4 is 22.6 Å². The number of hydrogen-bond donors (Lipinski definition) is 1. The summed E-state index contributed by atoms with van der Waals surface area (Å²) in [6, 6.07) is -0.140. The lowest BCUT2D eigenvalue weighted by atomic mass is 10.1. The van der Waals surface area contributed by atoms with Crippen molar-refractivity contribution in [1.29, 1.82) is 0 Å². The Bertz CT molecular complexity index is 1360. The fourth-order valence-corrected chi connectivity index (χ4v) is 4.14. The molecule has 0 spiro atoms. The van der Waals surface area contributed by atoms with Crippen LogP contribution in [0.25, 0.3) is 10.9 Å². The normalized spacial score (nSPS) is 15.1. The van der Waals surface area contributed by atoms with Gasteiger partial charge in [-0.3, -0.25) is 9.48 Å². The molecule has 4 rings (SSSR count). The predicted octanol–water partition coefficient (Wildman–Crippen LogP) is 2.63. The van der Waals surface area contributed by atoms with Crippen molar-refractivity contribution in [2.75, 3.05) is 33.0 Å². The van der Waals surface area contributed by atoms with Gasteiger partial charge < -0.3 is 20.1 Å². The molecule has 2 N–H and O–H groups in total. The smallest absolute Gasteiger partial charge is 0.254 e. The molecule has 3 aromatic rings. The maximum atomic E-state index is 14.8. The van der Waals surface area contributed by atoms with Crippen molar-refractivity contribution in [1.82, 2.24) is 24.6 Å². The zero-order chi connectivity index (χ0) is 25.3. The van der Waals surface area contributed by atoms with Crippen molar-refractivity contribution in [3.05, 3.63) is 47.3 Å². The Morgan fingerprint density at radius 2 is 1.97 bits per heavy atom. The number of methoxy groups -OCH3 is 2. The second kappa shape index (κ2) is 9.58. The number of nitrogen functional groups attached to an aromatic ring is 1. The van der Waals surface area contributed by atoms with Crippen LogP contribution in [0.2, 0.25) is 0 Å². The molecule has 0 radical (unpaired) electrons. The largest absolute Gasteiger partial charge is 0.479 e. The number of halogens is 2. The molecular weight excluding hydrogens is 458 g/mol. The van der Waals surface area contributed by atoms with Crippen LogP contribution in [0.4, 0.5) is 14.6 Å². The highest BCUT2D eigenvalue weighted by Crippen LogP contribution is 2.33. The van der Waals surface area contributed by atoms with Gasteiger partial charge in [-0.25, -0.2) is 4.98 Å².